The van der Waals surface area contributed by atoms with Crippen LogP contribution in [0.25, 0.3) is 5.65 Å². The third-order valence-electron chi connectivity index (χ3n) is 6.90. The predicted octanol–water partition coefficient (Wildman–Crippen LogP) is 4.39. The fourth-order valence-electron chi connectivity index (χ4n) is 5.20. The van der Waals surface area contributed by atoms with Crippen molar-refractivity contribution < 1.29 is 27.1 Å². The second-order valence-electron chi connectivity index (χ2n) is 9.73. The molecular weight excluding hydrogens is 452 g/mol. The van der Waals surface area contributed by atoms with Crippen molar-refractivity contribution in [3.05, 3.63) is 64.9 Å². The number of fused-ring (bicyclic) bond motifs is 3. The SMILES string of the molecule is CN(C(=O)C1COC1)[C@@H](c1ccc(C2CC(C)(C)c3c2cnc2cc(F)nn32)cc1)C(F)(F)F. The van der Waals surface area contributed by atoms with Crippen LogP contribution in [0.2, 0.25) is 0 Å². The van der Waals surface area contributed by atoms with Gasteiger partial charge in [0.1, 0.15) is 0 Å². The monoisotopic (exact) mass is 476 g/mol. The fourth-order valence-corrected chi connectivity index (χ4v) is 5.20. The third-order valence-corrected chi connectivity index (χ3v) is 6.90. The topological polar surface area (TPSA) is 59.7 Å². The fraction of sp³-hybridized carbons (Fsp3) is 0.458. The Bertz CT molecular complexity index is 1250. The van der Waals surface area contributed by atoms with Gasteiger partial charge in [-0.3, -0.25) is 4.79 Å². The summed E-state index contributed by atoms with van der Waals surface area (Å²) in [7, 11) is 1.18. The van der Waals surface area contributed by atoms with Gasteiger partial charge in [-0.05, 0) is 17.5 Å². The molecule has 5 rings (SSSR count). The lowest BCUT2D eigenvalue weighted by Gasteiger charge is -2.35. The first kappa shape index (κ1) is 22.8. The van der Waals surface area contributed by atoms with Gasteiger partial charge >= 0.3 is 6.18 Å². The van der Waals surface area contributed by atoms with E-state index in [1.54, 1.807) is 18.3 Å². The molecule has 180 valence electrons. The highest BCUT2D eigenvalue weighted by Crippen LogP contribution is 2.48. The molecule has 2 aromatic heterocycles. The molecule has 1 unspecified atom stereocenters. The van der Waals surface area contributed by atoms with Crippen molar-refractivity contribution >= 4 is 11.6 Å². The van der Waals surface area contributed by atoms with Crippen LogP contribution in [0.5, 0.6) is 0 Å². The van der Waals surface area contributed by atoms with E-state index >= 15 is 0 Å². The van der Waals surface area contributed by atoms with Gasteiger partial charge in [-0.15, -0.1) is 5.10 Å². The van der Waals surface area contributed by atoms with Gasteiger partial charge in [0, 0.05) is 36.2 Å². The Hall–Kier alpha value is -3.01. The molecule has 0 spiro atoms. The van der Waals surface area contributed by atoms with Crippen molar-refractivity contribution in [2.24, 2.45) is 5.92 Å². The first-order valence-corrected chi connectivity index (χ1v) is 11.0. The van der Waals surface area contributed by atoms with Gasteiger partial charge in [-0.25, -0.2) is 9.50 Å². The van der Waals surface area contributed by atoms with E-state index in [1.807, 2.05) is 13.8 Å². The Morgan fingerprint density at radius 2 is 1.91 bits per heavy atom. The first-order chi connectivity index (χ1) is 16.0. The normalized spacial score (nSPS) is 20.7. The predicted molar refractivity (Wildman–Crippen MR) is 115 cm³/mol. The lowest BCUT2D eigenvalue weighted by molar-refractivity contribution is -0.195. The average molecular weight is 476 g/mol. The third kappa shape index (κ3) is 3.64. The van der Waals surface area contributed by atoms with Crippen LogP contribution in [0.4, 0.5) is 17.6 Å². The summed E-state index contributed by atoms with van der Waals surface area (Å²) in [4.78, 5) is 17.6. The maximum atomic E-state index is 14.0. The van der Waals surface area contributed by atoms with E-state index in [-0.39, 0.29) is 30.1 Å². The number of carbonyl (C=O) groups excluding carboxylic acids is 1. The first-order valence-electron chi connectivity index (χ1n) is 11.0. The van der Waals surface area contributed by atoms with E-state index in [9.17, 15) is 22.4 Å². The smallest absolute Gasteiger partial charge is 0.380 e. The minimum absolute atomic E-state index is 0.00690. The van der Waals surface area contributed by atoms with Crippen LogP contribution >= 0.6 is 0 Å². The van der Waals surface area contributed by atoms with Crippen molar-refractivity contribution in [1.29, 1.82) is 0 Å². The molecule has 6 nitrogen and oxygen atoms in total. The summed E-state index contributed by atoms with van der Waals surface area (Å²) < 4.78 is 62.2. The number of halogens is 4. The molecule has 2 atom stereocenters. The summed E-state index contributed by atoms with van der Waals surface area (Å²) in [5.41, 5.74) is 2.61. The second kappa shape index (κ2) is 7.76. The van der Waals surface area contributed by atoms with Gasteiger partial charge in [0.2, 0.25) is 11.9 Å². The lowest BCUT2D eigenvalue weighted by atomic mass is 9.86. The van der Waals surface area contributed by atoms with E-state index < -0.39 is 30.0 Å². The highest BCUT2D eigenvalue weighted by atomic mass is 19.4. The highest BCUT2D eigenvalue weighted by Gasteiger charge is 2.47. The summed E-state index contributed by atoms with van der Waals surface area (Å²) in [6.45, 7) is 4.35. The van der Waals surface area contributed by atoms with Gasteiger partial charge in [-0.2, -0.15) is 17.6 Å². The summed E-state index contributed by atoms with van der Waals surface area (Å²) in [5, 5.41) is 3.95. The maximum Gasteiger partial charge on any atom is 0.413 e. The largest absolute Gasteiger partial charge is 0.413 e. The van der Waals surface area contributed by atoms with Crippen LogP contribution in [0, 0.1) is 11.9 Å². The number of aromatic nitrogens is 3. The Labute approximate surface area is 193 Å². The van der Waals surface area contributed by atoms with Gasteiger partial charge in [0.25, 0.3) is 0 Å². The van der Waals surface area contributed by atoms with E-state index in [0.29, 0.717) is 12.1 Å². The van der Waals surface area contributed by atoms with E-state index in [0.717, 1.165) is 21.7 Å². The quantitative estimate of drug-likeness (QED) is 0.524. The van der Waals surface area contributed by atoms with E-state index in [2.05, 4.69) is 10.1 Å². The number of nitrogens with zero attached hydrogens (tertiary/aromatic N) is 4. The van der Waals surface area contributed by atoms with Crippen LogP contribution in [0.3, 0.4) is 0 Å². The zero-order chi connectivity index (χ0) is 24.4. The van der Waals surface area contributed by atoms with Crippen LogP contribution in [0.1, 0.15) is 54.6 Å². The Morgan fingerprint density at radius 3 is 2.50 bits per heavy atom. The summed E-state index contributed by atoms with van der Waals surface area (Å²) in [6.07, 6.45) is -2.25. The van der Waals surface area contributed by atoms with Crippen LogP contribution in [-0.4, -0.2) is 51.8 Å². The summed E-state index contributed by atoms with van der Waals surface area (Å²) in [6, 6.07) is 5.42. The number of benzene rings is 1. The molecule has 1 aliphatic carbocycles. The Morgan fingerprint density at radius 1 is 1.24 bits per heavy atom. The van der Waals surface area contributed by atoms with Gasteiger partial charge < -0.3 is 9.64 Å². The average Bonchev–Trinajstić information content (AvgIpc) is 3.22. The van der Waals surface area contributed by atoms with Crippen LogP contribution in [0.15, 0.2) is 36.5 Å². The van der Waals surface area contributed by atoms with Crippen molar-refractivity contribution in [3.63, 3.8) is 0 Å². The molecule has 0 bridgehead atoms. The van der Waals surface area contributed by atoms with Crippen LogP contribution < -0.4 is 0 Å². The Kier molecular flexibility index (Phi) is 5.20. The minimum atomic E-state index is -4.63. The number of amides is 1. The van der Waals surface area contributed by atoms with Crippen molar-refractivity contribution in [2.75, 3.05) is 20.3 Å². The molecular formula is C24H24F4N4O2. The molecule has 0 saturated carbocycles. The van der Waals surface area contributed by atoms with E-state index in [4.69, 9.17) is 4.74 Å². The van der Waals surface area contributed by atoms with Gasteiger partial charge in [-0.1, -0.05) is 38.1 Å². The highest BCUT2D eigenvalue weighted by molar-refractivity contribution is 5.80. The number of ether oxygens (including phenoxy) is 1. The number of hydrogen-bond acceptors (Lipinski definition) is 4. The molecule has 10 heteroatoms. The molecule has 1 saturated heterocycles. The lowest BCUT2D eigenvalue weighted by Crippen LogP contribution is -2.47. The molecule has 1 amide bonds. The maximum absolute atomic E-state index is 14.0. The molecule has 3 aromatic rings. The summed E-state index contributed by atoms with van der Waals surface area (Å²) >= 11 is 0. The number of alkyl halides is 3. The molecule has 1 aromatic carbocycles. The molecule has 3 heterocycles. The summed E-state index contributed by atoms with van der Waals surface area (Å²) in [5.74, 6) is -1.86. The molecule has 0 N–H and O–H groups in total. The van der Waals surface area contributed by atoms with Crippen molar-refractivity contribution in [3.8, 4) is 0 Å². The standard InChI is InChI=1S/C24H24F4N4O2/c1-23(2)9-16(17-10-29-19-8-18(25)30-32(19)21(17)23)13-4-6-14(7-5-13)20(24(26,27)28)31(3)22(33)15-11-34-12-15/h4-8,10,15-16,20H,9,11-12H2,1-3H3/t16?,20-/m0/s1. The molecule has 2 aliphatic rings. The number of carbonyl (C=O) groups is 1. The minimum Gasteiger partial charge on any atom is -0.380 e. The van der Waals surface area contributed by atoms with Gasteiger partial charge in [0.15, 0.2) is 11.7 Å². The zero-order valence-electron chi connectivity index (χ0n) is 18.9. The molecule has 1 aliphatic heterocycles. The van der Waals surface area contributed by atoms with Crippen molar-refractivity contribution in [1.82, 2.24) is 19.5 Å². The van der Waals surface area contributed by atoms with Crippen LogP contribution in [-0.2, 0) is 14.9 Å². The van der Waals surface area contributed by atoms with Crippen molar-refractivity contribution in [2.45, 2.75) is 43.8 Å². The van der Waals surface area contributed by atoms with E-state index in [1.165, 1.54) is 29.8 Å². The zero-order valence-corrected chi connectivity index (χ0v) is 18.9. The van der Waals surface area contributed by atoms with Gasteiger partial charge in [0.05, 0.1) is 24.8 Å². The number of hydrogen-bond donors (Lipinski definition) is 0. The molecule has 34 heavy (non-hydrogen) atoms. The molecule has 0 radical (unpaired) electrons. The molecule has 1 fully saturated rings. The second-order valence-corrected chi connectivity index (χ2v) is 9.73. The Balaban J connectivity index is 1.48. The number of rotatable bonds is 4.